The molecule has 0 spiro atoms. The largest absolute Gasteiger partial charge is 0.378 e. The summed E-state index contributed by atoms with van der Waals surface area (Å²) in [5.41, 5.74) is 2.41. The quantitative estimate of drug-likeness (QED) is 0.769. The van der Waals surface area contributed by atoms with E-state index in [0.717, 1.165) is 76.1 Å². The fourth-order valence-electron chi connectivity index (χ4n) is 4.01. The Morgan fingerprint density at radius 3 is 2.21 bits per heavy atom. The number of carbonyl (C=O) groups excluding carboxylic acids is 1. The highest BCUT2D eigenvalue weighted by atomic mass is 16.5. The second kappa shape index (κ2) is 9.22. The van der Waals surface area contributed by atoms with Gasteiger partial charge >= 0.3 is 0 Å². The normalized spacial score (nSPS) is 17.5. The molecule has 1 amide bonds. The molecule has 2 fully saturated rings. The molecule has 2 aromatic rings. The number of anilines is 2. The molecular formula is C22H29N5O2. The van der Waals surface area contributed by atoms with Crippen molar-refractivity contribution in [1.82, 2.24) is 14.9 Å². The van der Waals surface area contributed by atoms with Crippen LogP contribution in [0.3, 0.4) is 0 Å². The molecule has 0 radical (unpaired) electrons. The van der Waals surface area contributed by atoms with Crippen LogP contribution in [-0.2, 0) is 22.4 Å². The molecule has 2 saturated heterocycles. The Kier molecular flexibility index (Phi) is 6.24. The fourth-order valence-corrected chi connectivity index (χ4v) is 4.01. The predicted octanol–water partition coefficient (Wildman–Crippen LogP) is 1.77. The Morgan fingerprint density at radius 2 is 1.55 bits per heavy atom. The number of hydrogen-bond donors (Lipinski definition) is 0. The number of amides is 1. The van der Waals surface area contributed by atoms with Crippen molar-refractivity contribution in [2.75, 3.05) is 62.3 Å². The number of hydrogen-bond acceptors (Lipinski definition) is 6. The number of aromatic nitrogens is 2. The van der Waals surface area contributed by atoms with Crippen molar-refractivity contribution in [1.29, 1.82) is 0 Å². The van der Waals surface area contributed by atoms with Gasteiger partial charge in [0.2, 0.25) is 5.91 Å². The van der Waals surface area contributed by atoms with Crippen LogP contribution < -0.4 is 9.80 Å². The van der Waals surface area contributed by atoms with E-state index in [1.165, 1.54) is 5.56 Å². The van der Waals surface area contributed by atoms with Crippen LogP contribution in [0.2, 0.25) is 0 Å². The van der Waals surface area contributed by atoms with Gasteiger partial charge in [-0.25, -0.2) is 9.97 Å². The summed E-state index contributed by atoms with van der Waals surface area (Å²) in [5.74, 6) is 2.10. The minimum atomic E-state index is 0.210. The first-order valence-electron chi connectivity index (χ1n) is 10.5. The number of carbonyl (C=O) groups is 1. The monoisotopic (exact) mass is 395 g/mol. The van der Waals surface area contributed by atoms with Crippen LogP contribution in [0.1, 0.15) is 18.1 Å². The molecule has 7 heteroatoms. The van der Waals surface area contributed by atoms with Gasteiger partial charge in [-0.05, 0) is 17.5 Å². The molecule has 0 aliphatic carbocycles. The fraction of sp³-hybridized carbons (Fsp3) is 0.500. The molecule has 3 heterocycles. The van der Waals surface area contributed by atoms with Crippen LogP contribution in [0.15, 0.2) is 36.7 Å². The SMILES string of the molecule is CCc1ccccc1CC(=O)N1CCN(c2cc(N3CCOCC3)ncn2)CC1. The van der Waals surface area contributed by atoms with E-state index in [2.05, 4.69) is 44.9 Å². The summed E-state index contributed by atoms with van der Waals surface area (Å²) in [6.45, 7) is 8.36. The van der Waals surface area contributed by atoms with E-state index in [4.69, 9.17) is 4.74 Å². The van der Waals surface area contributed by atoms with Crippen LogP contribution in [0.4, 0.5) is 11.6 Å². The van der Waals surface area contributed by atoms with Gasteiger partial charge in [-0.3, -0.25) is 4.79 Å². The Balaban J connectivity index is 1.35. The van der Waals surface area contributed by atoms with Gasteiger partial charge in [-0.15, -0.1) is 0 Å². The van der Waals surface area contributed by atoms with Crippen molar-refractivity contribution in [3.05, 3.63) is 47.8 Å². The van der Waals surface area contributed by atoms with Crippen LogP contribution >= 0.6 is 0 Å². The van der Waals surface area contributed by atoms with Crippen molar-refractivity contribution in [3.8, 4) is 0 Å². The number of benzene rings is 1. The Labute approximate surface area is 172 Å². The maximum atomic E-state index is 12.8. The third kappa shape index (κ3) is 4.67. The molecule has 2 aliphatic heterocycles. The van der Waals surface area contributed by atoms with Gasteiger partial charge in [0.05, 0.1) is 19.6 Å². The summed E-state index contributed by atoms with van der Waals surface area (Å²) >= 11 is 0. The van der Waals surface area contributed by atoms with Gasteiger partial charge in [-0.1, -0.05) is 31.2 Å². The van der Waals surface area contributed by atoms with E-state index in [9.17, 15) is 4.79 Å². The molecule has 0 bridgehead atoms. The lowest BCUT2D eigenvalue weighted by atomic mass is 10.0. The maximum absolute atomic E-state index is 12.8. The smallest absolute Gasteiger partial charge is 0.227 e. The molecular weight excluding hydrogens is 366 g/mol. The number of rotatable bonds is 5. The summed E-state index contributed by atoms with van der Waals surface area (Å²) in [6.07, 6.45) is 3.08. The molecule has 0 saturated carbocycles. The highest BCUT2D eigenvalue weighted by Crippen LogP contribution is 2.20. The Bertz CT molecular complexity index is 829. The number of aryl methyl sites for hydroxylation is 1. The van der Waals surface area contributed by atoms with E-state index in [1.807, 2.05) is 17.0 Å². The number of nitrogens with zero attached hydrogens (tertiary/aromatic N) is 5. The molecule has 1 aromatic carbocycles. The summed E-state index contributed by atoms with van der Waals surface area (Å²) in [5, 5.41) is 0. The number of piperazine rings is 1. The summed E-state index contributed by atoms with van der Waals surface area (Å²) in [7, 11) is 0. The summed E-state index contributed by atoms with van der Waals surface area (Å²) in [4.78, 5) is 28.2. The average Bonchev–Trinajstić information content (AvgIpc) is 2.80. The molecule has 29 heavy (non-hydrogen) atoms. The lowest BCUT2D eigenvalue weighted by Crippen LogP contribution is -2.49. The molecule has 154 valence electrons. The van der Waals surface area contributed by atoms with Crippen molar-refractivity contribution < 1.29 is 9.53 Å². The van der Waals surface area contributed by atoms with Gasteiger partial charge in [0.25, 0.3) is 0 Å². The minimum absolute atomic E-state index is 0.210. The molecule has 0 unspecified atom stereocenters. The molecule has 2 aliphatic rings. The highest BCUT2D eigenvalue weighted by Gasteiger charge is 2.23. The third-order valence-electron chi connectivity index (χ3n) is 5.77. The van der Waals surface area contributed by atoms with Crippen LogP contribution in [0, 0.1) is 0 Å². The predicted molar refractivity (Wildman–Crippen MR) is 113 cm³/mol. The summed E-state index contributed by atoms with van der Waals surface area (Å²) in [6, 6.07) is 10.3. The Hall–Kier alpha value is -2.67. The lowest BCUT2D eigenvalue weighted by molar-refractivity contribution is -0.130. The Morgan fingerprint density at radius 1 is 0.931 bits per heavy atom. The first-order chi connectivity index (χ1) is 14.2. The van der Waals surface area contributed by atoms with E-state index in [-0.39, 0.29) is 5.91 Å². The van der Waals surface area contributed by atoms with Crippen LogP contribution in [0.25, 0.3) is 0 Å². The standard InChI is InChI=1S/C22H29N5O2/c1-2-18-5-3-4-6-19(18)15-22(28)27-9-7-25(8-10-27)20-16-21(24-17-23-20)26-11-13-29-14-12-26/h3-6,16-17H,2,7-15H2,1H3. The minimum Gasteiger partial charge on any atom is -0.378 e. The molecule has 0 atom stereocenters. The van der Waals surface area contributed by atoms with Gasteiger partial charge < -0.3 is 19.4 Å². The first-order valence-corrected chi connectivity index (χ1v) is 10.5. The molecule has 4 rings (SSSR count). The van der Waals surface area contributed by atoms with Gasteiger partial charge in [-0.2, -0.15) is 0 Å². The number of ether oxygens (including phenoxy) is 1. The molecule has 7 nitrogen and oxygen atoms in total. The highest BCUT2D eigenvalue weighted by molar-refractivity contribution is 5.79. The van der Waals surface area contributed by atoms with Gasteiger partial charge in [0.1, 0.15) is 18.0 Å². The zero-order chi connectivity index (χ0) is 20.1. The first kappa shape index (κ1) is 19.6. The van der Waals surface area contributed by atoms with E-state index in [1.54, 1.807) is 6.33 Å². The second-order valence-electron chi connectivity index (χ2n) is 7.50. The molecule has 0 N–H and O–H groups in total. The topological polar surface area (TPSA) is 61.8 Å². The van der Waals surface area contributed by atoms with E-state index in [0.29, 0.717) is 6.42 Å². The van der Waals surface area contributed by atoms with Crippen LogP contribution in [0.5, 0.6) is 0 Å². The maximum Gasteiger partial charge on any atom is 0.227 e. The number of morpholine rings is 1. The third-order valence-corrected chi connectivity index (χ3v) is 5.77. The zero-order valence-corrected chi connectivity index (χ0v) is 17.1. The average molecular weight is 396 g/mol. The molecule has 1 aromatic heterocycles. The van der Waals surface area contributed by atoms with E-state index >= 15 is 0 Å². The van der Waals surface area contributed by atoms with Crippen molar-refractivity contribution in [3.63, 3.8) is 0 Å². The lowest BCUT2D eigenvalue weighted by Gasteiger charge is -2.36. The van der Waals surface area contributed by atoms with Crippen molar-refractivity contribution in [2.24, 2.45) is 0 Å². The zero-order valence-electron chi connectivity index (χ0n) is 17.1. The van der Waals surface area contributed by atoms with Gasteiger partial charge in [0, 0.05) is 45.3 Å². The van der Waals surface area contributed by atoms with Crippen molar-refractivity contribution >= 4 is 17.5 Å². The van der Waals surface area contributed by atoms with Gasteiger partial charge in [0.15, 0.2) is 0 Å². The van der Waals surface area contributed by atoms with Crippen LogP contribution in [-0.4, -0.2) is 73.3 Å². The second-order valence-corrected chi connectivity index (χ2v) is 7.50. The van der Waals surface area contributed by atoms with E-state index < -0.39 is 0 Å². The summed E-state index contributed by atoms with van der Waals surface area (Å²) < 4.78 is 5.43. The van der Waals surface area contributed by atoms with Crippen molar-refractivity contribution in [2.45, 2.75) is 19.8 Å².